The molecule has 25 heavy (non-hydrogen) atoms. The third kappa shape index (κ3) is 6.74. The van der Waals surface area contributed by atoms with Gasteiger partial charge in [-0.3, -0.25) is 0 Å². The zero-order valence-electron chi connectivity index (χ0n) is 14.6. The quantitative estimate of drug-likeness (QED) is 0.451. The summed E-state index contributed by atoms with van der Waals surface area (Å²) in [5.74, 6) is -1.42. The topological polar surface area (TPSA) is 119 Å². The van der Waals surface area contributed by atoms with Gasteiger partial charge in [0.1, 0.15) is 0 Å². The van der Waals surface area contributed by atoms with Gasteiger partial charge >= 0.3 is 5.97 Å². The van der Waals surface area contributed by atoms with Crippen LogP contribution >= 0.6 is 0 Å². The van der Waals surface area contributed by atoms with Gasteiger partial charge in [0.15, 0.2) is 5.54 Å². The smallest absolute Gasteiger partial charge is 0.331 e. The van der Waals surface area contributed by atoms with Crippen molar-refractivity contribution in [3.8, 4) is 0 Å². The Labute approximate surface area is 149 Å². The first-order valence-electron chi connectivity index (χ1n) is 8.46. The van der Waals surface area contributed by atoms with E-state index in [2.05, 4.69) is 4.72 Å². The van der Waals surface area contributed by atoms with Gasteiger partial charge in [-0.2, -0.15) is 4.72 Å². The maximum absolute atomic E-state index is 12.4. The van der Waals surface area contributed by atoms with E-state index in [1.54, 1.807) is 30.3 Å². The summed E-state index contributed by atoms with van der Waals surface area (Å²) < 4.78 is 32.6. The van der Waals surface area contributed by atoms with Crippen LogP contribution in [0.5, 0.6) is 0 Å². The highest BCUT2D eigenvalue weighted by atomic mass is 32.2. The summed E-state index contributed by atoms with van der Waals surface area (Å²) in [4.78, 5) is 12.1. The lowest BCUT2D eigenvalue weighted by Crippen LogP contribution is -2.55. The fraction of sp³-hybridized carbons (Fsp3) is 0.588. The van der Waals surface area contributed by atoms with Gasteiger partial charge in [0.05, 0.1) is 12.4 Å². The van der Waals surface area contributed by atoms with Crippen LogP contribution in [0.1, 0.15) is 38.2 Å². The molecule has 0 aliphatic rings. The predicted molar refractivity (Wildman–Crippen MR) is 96.7 cm³/mol. The fourth-order valence-corrected chi connectivity index (χ4v) is 3.91. The monoisotopic (exact) mass is 372 g/mol. The van der Waals surface area contributed by atoms with Crippen LogP contribution in [-0.2, 0) is 25.1 Å². The Bertz CT molecular complexity index is 621. The molecule has 4 N–H and O–H groups in total. The van der Waals surface area contributed by atoms with Gasteiger partial charge in [0, 0.05) is 6.61 Å². The maximum atomic E-state index is 12.4. The van der Waals surface area contributed by atoms with Gasteiger partial charge in [-0.05, 0) is 31.4 Å². The number of nitrogens with one attached hydrogen (secondary N) is 1. The molecule has 0 saturated heterocycles. The molecule has 1 aromatic carbocycles. The van der Waals surface area contributed by atoms with E-state index in [1.807, 2.05) is 6.92 Å². The van der Waals surface area contributed by atoms with Crippen molar-refractivity contribution >= 4 is 16.0 Å². The summed E-state index contributed by atoms with van der Waals surface area (Å²) in [5, 5.41) is 9.84. The minimum absolute atomic E-state index is 0.126. The van der Waals surface area contributed by atoms with Gasteiger partial charge in [-0.15, -0.1) is 0 Å². The molecule has 142 valence electrons. The summed E-state index contributed by atoms with van der Waals surface area (Å²) in [6.45, 7) is 2.42. The average molecular weight is 372 g/mol. The molecule has 0 aromatic heterocycles. The lowest BCUT2D eigenvalue weighted by Gasteiger charge is -2.30. The molecule has 0 aliphatic carbocycles. The summed E-state index contributed by atoms with van der Waals surface area (Å²) in [6, 6.07) is 8.24. The molecule has 0 fully saturated rings. The van der Waals surface area contributed by atoms with E-state index >= 15 is 0 Å². The number of aliphatic carboxylic acids is 1. The molecule has 0 radical (unpaired) electrons. The van der Waals surface area contributed by atoms with E-state index in [0.717, 1.165) is 6.42 Å². The number of carbonyl (C=O) groups is 1. The molecular weight excluding hydrogens is 344 g/mol. The van der Waals surface area contributed by atoms with Crippen molar-refractivity contribution < 1.29 is 23.1 Å². The zero-order valence-corrected chi connectivity index (χ0v) is 15.4. The molecule has 8 heteroatoms. The number of hydrogen-bond acceptors (Lipinski definition) is 5. The lowest BCUT2D eigenvalue weighted by molar-refractivity contribution is -0.147. The van der Waals surface area contributed by atoms with Crippen molar-refractivity contribution in [3.05, 3.63) is 35.9 Å². The van der Waals surface area contributed by atoms with Crippen LogP contribution in [0.15, 0.2) is 30.3 Å². The largest absolute Gasteiger partial charge is 0.480 e. The first-order valence-corrected chi connectivity index (χ1v) is 10.1. The molecule has 0 bridgehead atoms. The highest BCUT2D eigenvalue weighted by Gasteiger charge is 2.44. The summed E-state index contributed by atoms with van der Waals surface area (Å²) in [5.41, 5.74) is 3.91. The predicted octanol–water partition coefficient (Wildman–Crippen LogP) is 1.44. The van der Waals surface area contributed by atoms with E-state index in [4.69, 9.17) is 10.5 Å². The van der Waals surface area contributed by atoms with Crippen LogP contribution in [0.25, 0.3) is 0 Å². The van der Waals surface area contributed by atoms with Crippen molar-refractivity contribution in [2.24, 2.45) is 5.73 Å². The highest BCUT2D eigenvalue weighted by Crippen LogP contribution is 2.24. The molecule has 0 spiro atoms. The molecule has 0 heterocycles. The number of sulfonamides is 1. The van der Waals surface area contributed by atoms with Crippen LogP contribution in [0.3, 0.4) is 0 Å². The van der Waals surface area contributed by atoms with Crippen molar-refractivity contribution in [1.82, 2.24) is 4.72 Å². The average Bonchev–Trinajstić information content (AvgIpc) is 2.59. The van der Waals surface area contributed by atoms with Crippen molar-refractivity contribution in [3.63, 3.8) is 0 Å². The van der Waals surface area contributed by atoms with Crippen molar-refractivity contribution in [2.75, 3.05) is 25.5 Å². The SMILES string of the molecule is CCCCS(=O)(=O)NC(COCCCCN)(C(=O)O)c1ccccc1. The molecule has 1 rings (SSSR count). The number of ether oxygens (including phenoxy) is 1. The zero-order chi connectivity index (χ0) is 18.8. The first-order chi connectivity index (χ1) is 11.9. The van der Waals surface area contributed by atoms with E-state index in [-0.39, 0.29) is 12.4 Å². The van der Waals surface area contributed by atoms with Gasteiger partial charge in [-0.1, -0.05) is 43.7 Å². The molecule has 0 saturated carbocycles. The molecule has 1 atom stereocenters. The molecule has 0 amide bonds. The first kappa shape index (κ1) is 21.6. The number of carboxylic acids is 1. The van der Waals surface area contributed by atoms with Crippen molar-refractivity contribution in [1.29, 1.82) is 0 Å². The van der Waals surface area contributed by atoms with Crippen LogP contribution in [0.2, 0.25) is 0 Å². The van der Waals surface area contributed by atoms with Crippen LogP contribution < -0.4 is 10.5 Å². The Balaban J connectivity index is 3.08. The summed E-state index contributed by atoms with van der Waals surface area (Å²) >= 11 is 0. The Morgan fingerprint density at radius 3 is 2.48 bits per heavy atom. The Hall–Kier alpha value is -1.48. The van der Waals surface area contributed by atoms with E-state index in [9.17, 15) is 18.3 Å². The number of unbranched alkanes of at least 4 members (excludes halogenated alkanes) is 2. The van der Waals surface area contributed by atoms with Gasteiger partial charge in [-0.25, -0.2) is 13.2 Å². The van der Waals surface area contributed by atoms with Crippen molar-refractivity contribution in [2.45, 2.75) is 38.1 Å². The molecule has 0 aliphatic heterocycles. The Kier molecular flexibility index (Phi) is 9.05. The second kappa shape index (κ2) is 10.5. The normalized spacial score (nSPS) is 14.2. The standard InChI is InChI=1S/C17H28N2O5S/c1-2-3-13-25(22,23)19-17(16(20)21,14-24-12-8-7-11-18)15-9-5-4-6-10-15/h4-6,9-10,19H,2-3,7-8,11-14,18H2,1H3,(H,20,21). The van der Waals surface area contributed by atoms with Gasteiger partial charge in [0.2, 0.25) is 10.0 Å². The third-order valence-electron chi connectivity index (χ3n) is 3.79. The Morgan fingerprint density at radius 1 is 1.24 bits per heavy atom. The number of carboxylic acid groups (broad SMARTS) is 1. The van der Waals surface area contributed by atoms with Gasteiger partial charge in [0.25, 0.3) is 0 Å². The van der Waals surface area contributed by atoms with Gasteiger partial charge < -0.3 is 15.6 Å². The van der Waals surface area contributed by atoms with Crippen LogP contribution in [0, 0.1) is 0 Å². The van der Waals surface area contributed by atoms with Crippen LogP contribution in [-0.4, -0.2) is 45.0 Å². The summed E-state index contributed by atoms with van der Waals surface area (Å²) in [7, 11) is -3.77. The Morgan fingerprint density at radius 2 is 1.92 bits per heavy atom. The number of nitrogens with two attached hydrogens (primary N) is 1. The maximum Gasteiger partial charge on any atom is 0.331 e. The molecule has 1 unspecified atom stereocenters. The van der Waals surface area contributed by atoms with E-state index in [0.29, 0.717) is 38.0 Å². The fourth-order valence-electron chi connectivity index (χ4n) is 2.35. The number of rotatable bonds is 13. The second-order valence-corrected chi connectivity index (χ2v) is 7.74. The summed E-state index contributed by atoms with van der Waals surface area (Å²) in [6.07, 6.45) is 2.59. The number of benzene rings is 1. The minimum atomic E-state index is -3.77. The highest BCUT2D eigenvalue weighted by molar-refractivity contribution is 7.89. The number of hydrogen-bond donors (Lipinski definition) is 3. The second-order valence-electron chi connectivity index (χ2n) is 5.90. The molecular formula is C17H28N2O5S. The molecule has 7 nitrogen and oxygen atoms in total. The third-order valence-corrected chi connectivity index (χ3v) is 5.27. The van der Waals surface area contributed by atoms with E-state index < -0.39 is 21.5 Å². The lowest BCUT2D eigenvalue weighted by atomic mass is 9.92. The molecule has 1 aromatic rings. The van der Waals surface area contributed by atoms with Crippen LogP contribution in [0.4, 0.5) is 0 Å². The van der Waals surface area contributed by atoms with E-state index in [1.165, 1.54) is 0 Å². The minimum Gasteiger partial charge on any atom is -0.480 e.